The SMILES string of the molecule is Cc1c(Cl)cccc1Nc1nc(-c2sccc2Cl)nc2ccccc12. The van der Waals surface area contributed by atoms with E-state index < -0.39 is 0 Å². The average Bonchev–Trinajstić information content (AvgIpc) is 3.05. The van der Waals surface area contributed by atoms with E-state index in [2.05, 4.69) is 10.3 Å². The molecule has 0 aliphatic rings. The van der Waals surface area contributed by atoms with Crippen molar-refractivity contribution in [1.29, 1.82) is 0 Å². The average molecular weight is 386 g/mol. The Labute approximate surface area is 159 Å². The molecular weight excluding hydrogens is 373 g/mol. The molecule has 2 heterocycles. The molecule has 0 unspecified atom stereocenters. The van der Waals surface area contributed by atoms with E-state index >= 15 is 0 Å². The second kappa shape index (κ2) is 6.64. The molecule has 2 aromatic heterocycles. The molecule has 124 valence electrons. The smallest absolute Gasteiger partial charge is 0.173 e. The van der Waals surface area contributed by atoms with Crippen LogP contribution in [0.1, 0.15) is 5.56 Å². The molecule has 0 amide bonds. The van der Waals surface area contributed by atoms with Gasteiger partial charge in [-0.3, -0.25) is 0 Å². The van der Waals surface area contributed by atoms with E-state index in [4.69, 9.17) is 28.2 Å². The van der Waals surface area contributed by atoms with Gasteiger partial charge in [0, 0.05) is 16.1 Å². The monoisotopic (exact) mass is 385 g/mol. The van der Waals surface area contributed by atoms with Crippen molar-refractivity contribution >= 4 is 56.9 Å². The standard InChI is InChI=1S/C19H13Cl2N3S/c1-11-13(20)6-4-8-15(11)22-18-12-5-2-3-7-16(12)23-19(24-18)17-14(21)9-10-25-17/h2-10H,1H3,(H,22,23,24). The molecule has 25 heavy (non-hydrogen) atoms. The van der Waals surface area contributed by atoms with Crippen molar-refractivity contribution < 1.29 is 0 Å². The minimum absolute atomic E-state index is 0.612. The summed E-state index contributed by atoms with van der Waals surface area (Å²) >= 11 is 14.0. The van der Waals surface area contributed by atoms with Gasteiger partial charge >= 0.3 is 0 Å². The lowest BCUT2D eigenvalue weighted by molar-refractivity contribution is 1.23. The fourth-order valence-electron chi connectivity index (χ4n) is 2.60. The highest BCUT2D eigenvalue weighted by atomic mass is 35.5. The molecule has 0 spiro atoms. The third-order valence-corrected chi connectivity index (χ3v) is 5.69. The highest BCUT2D eigenvalue weighted by Gasteiger charge is 2.14. The molecule has 0 saturated carbocycles. The zero-order chi connectivity index (χ0) is 17.4. The molecule has 0 saturated heterocycles. The number of aromatic nitrogens is 2. The zero-order valence-electron chi connectivity index (χ0n) is 13.3. The van der Waals surface area contributed by atoms with E-state index in [9.17, 15) is 0 Å². The van der Waals surface area contributed by atoms with E-state index in [0.717, 1.165) is 32.8 Å². The van der Waals surface area contributed by atoms with Gasteiger partial charge in [-0.25, -0.2) is 9.97 Å². The first-order valence-corrected chi connectivity index (χ1v) is 9.29. The third kappa shape index (κ3) is 3.09. The second-order valence-electron chi connectivity index (χ2n) is 5.55. The van der Waals surface area contributed by atoms with Crippen molar-refractivity contribution in [3.63, 3.8) is 0 Å². The van der Waals surface area contributed by atoms with Gasteiger partial charge in [0.1, 0.15) is 5.82 Å². The van der Waals surface area contributed by atoms with Gasteiger partial charge in [0.15, 0.2) is 5.82 Å². The fourth-order valence-corrected chi connectivity index (χ4v) is 3.85. The maximum Gasteiger partial charge on any atom is 0.173 e. The lowest BCUT2D eigenvalue weighted by atomic mass is 10.2. The van der Waals surface area contributed by atoms with Crippen LogP contribution in [-0.4, -0.2) is 9.97 Å². The summed E-state index contributed by atoms with van der Waals surface area (Å²) in [6.07, 6.45) is 0. The Kier molecular flexibility index (Phi) is 4.34. The Morgan fingerprint density at radius 3 is 2.56 bits per heavy atom. The predicted octanol–water partition coefficient (Wildman–Crippen LogP) is 6.72. The summed E-state index contributed by atoms with van der Waals surface area (Å²) in [5, 5.41) is 7.65. The van der Waals surface area contributed by atoms with Crippen LogP contribution in [0.5, 0.6) is 0 Å². The Bertz CT molecular complexity index is 1080. The molecule has 0 aliphatic carbocycles. The van der Waals surface area contributed by atoms with Gasteiger partial charge in [0.2, 0.25) is 0 Å². The summed E-state index contributed by atoms with van der Waals surface area (Å²) in [6, 6.07) is 15.5. The summed E-state index contributed by atoms with van der Waals surface area (Å²) in [6.45, 7) is 1.98. The maximum atomic E-state index is 6.28. The van der Waals surface area contributed by atoms with E-state index in [-0.39, 0.29) is 0 Å². The molecule has 0 fully saturated rings. The Hall–Kier alpha value is -2.14. The fraction of sp³-hybridized carbons (Fsp3) is 0.0526. The molecule has 2 aromatic carbocycles. The van der Waals surface area contributed by atoms with Crippen LogP contribution in [0.4, 0.5) is 11.5 Å². The number of nitrogens with zero attached hydrogens (tertiary/aromatic N) is 2. The van der Waals surface area contributed by atoms with Crippen molar-refractivity contribution in [1.82, 2.24) is 9.97 Å². The number of thiophene rings is 1. The van der Waals surface area contributed by atoms with E-state index in [1.54, 1.807) is 0 Å². The summed E-state index contributed by atoms with van der Waals surface area (Å²) in [7, 11) is 0. The maximum absolute atomic E-state index is 6.28. The van der Waals surface area contributed by atoms with Gasteiger partial charge in [-0.05, 0) is 48.2 Å². The van der Waals surface area contributed by atoms with Crippen LogP contribution < -0.4 is 5.32 Å². The van der Waals surface area contributed by atoms with Gasteiger partial charge in [-0.2, -0.15) is 0 Å². The summed E-state index contributed by atoms with van der Waals surface area (Å²) in [5.41, 5.74) is 2.75. The summed E-state index contributed by atoms with van der Waals surface area (Å²) in [5.74, 6) is 1.34. The van der Waals surface area contributed by atoms with Crippen molar-refractivity contribution in [2.75, 3.05) is 5.32 Å². The summed E-state index contributed by atoms with van der Waals surface area (Å²) < 4.78 is 0. The van der Waals surface area contributed by atoms with E-state index in [1.807, 2.05) is 60.8 Å². The molecule has 0 bridgehead atoms. The zero-order valence-corrected chi connectivity index (χ0v) is 15.6. The molecular formula is C19H13Cl2N3S. The van der Waals surface area contributed by atoms with Crippen LogP contribution in [0.15, 0.2) is 53.9 Å². The van der Waals surface area contributed by atoms with E-state index in [1.165, 1.54) is 11.3 Å². The number of hydrogen-bond donors (Lipinski definition) is 1. The summed E-state index contributed by atoms with van der Waals surface area (Å²) in [4.78, 5) is 10.3. The minimum atomic E-state index is 0.612. The number of fused-ring (bicyclic) bond motifs is 1. The highest BCUT2D eigenvalue weighted by Crippen LogP contribution is 2.35. The molecule has 1 N–H and O–H groups in total. The number of nitrogens with one attached hydrogen (secondary N) is 1. The Morgan fingerprint density at radius 2 is 1.76 bits per heavy atom. The van der Waals surface area contributed by atoms with Gasteiger partial charge in [-0.15, -0.1) is 11.3 Å². The topological polar surface area (TPSA) is 37.8 Å². The number of rotatable bonds is 3. The largest absolute Gasteiger partial charge is 0.339 e. The molecule has 4 rings (SSSR count). The van der Waals surface area contributed by atoms with Gasteiger partial charge in [0.25, 0.3) is 0 Å². The Balaban J connectivity index is 1.90. The van der Waals surface area contributed by atoms with Crippen molar-refractivity contribution in [2.45, 2.75) is 6.92 Å². The molecule has 4 aromatic rings. The van der Waals surface area contributed by atoms with Crippen LogP contribution in [0, 0.1) is 6.92 Å². The van der Waals surface area contributed by atoms with Crippen LogP contribution in [0.3, 0.4) is 0 Å². The normalized spacial score (nSPS) is 11.0. The van der Waals surface area contributed by atoms with Crippen LogP contribution >= 0.6 is 34.5 Å². The van der Waals surface area contributed by atoms with Crippen molar-refractivity contribution in [2.24, 2.45) is 0 Å². The first-order valence-electron chi connectivity index (χ1n) is 7.66. The molecule has 6 heteroatoms. The van der Waals surface area contributed by atoms with Crippen LogP contribution in [-0.2, 0) is 0 Å². The minimum Gasteiger partial charge on any atom is -0.339 e. The molecule has 0 atom stereocenters. The van der Waals surface area contributed by atoms with E-state index in [0.29, 0.717) is 15.9 Å². The second-order valence-corrected chi connectivity index (χ2v) is 7.28. The first kappa shape index (κ1) is 16.3. The van der Waals surface area contributed by atoms with Gasteiger partial charge in [-0.1, -0.05) is 41.4 Å². The van der Waals surface area contributed by atoms with Crippen LogP contribution in [0.2, 0.25) is 10.0 Å². The quantitative estimate of drug-likeness (QED) is 0.425. The number of anilines is 2. The number of para-hydroxylation sites is 1. The lowest BCUT2D eigenvalue weighted by Crippen LogP contribution is -2.00. The predicted molar refractivity (Wildman–Crippen MR) is 107 cm³/mol. The number of halogens is 2. The van der Waals surface area contributed by atoms with Crippen molar-refractivity contribution in [3.8, 4) is 10.7 Å². The van der Waals surface area contributed by atoms with Gasteiger partial charge in [0.05, 0.1) is 15.4 Å². The number of benzene rings is 2. The van der Waals surface area contributed by atoms with Gasteiger partial charge < -0.3 is 5.32 Å². The Morgan fingerprint density at radius 1 is 0.920 bits per heavy atom. The highest BCUT2D eigenvalue weighted by molar-refractivity contribution is 7.14. The molecule has 0 radical (unpaired) electrons. The first-order chi connectivity index (χ1) is 12.1. The molecule has 3 nitrogen and oxygen atoms in total. The van der Waals surface area contributed by atoms with Crippen LogP contribution in [0.25, 0.3) is 21.6 Å². The molecule has 0 aliphatic heterocycles. The number of hydrogen-bond acceptors (Lipinski definition) is 4. The van der Waals surface area contributed by atoms with Crippen molar-refractivity contribution in [3.05, 3.63) is 69.5 Å². The lowest BCUT2D eigenvalue weighted by Gasteiger charge is -2.13. The third-order valence-electron chi connectivity index (χ3n) is 3.94.